The molecule has 3 N–H and O–H groups in total. The van der Waals surface area contributed by atoms with Crippen LogP contribution < -0.4 is 25.3 Å². The number of rotatable bonds is 9. The van der Waals surface area contributed by atoms with Crippen molar-refractivity contribution in [2.75, 3.05) is 32.7 Å². The van der Waals surface area contributed by atoms with Crippen molar-refractivity contribution in [1.29, 1.82) is 0 Å². The van der Waals surface area contributed by atoms with Gasteiger partial charge in [0.1, 0.15) is 17.2 Å². The first-order valence-corrected chi connectivity index (χ1v) is 8.66. The average Bonchev–Trinajstić information content (AvgIpc) is 2.68. The number of aryl methyl sites for hydroxylation is 1. The van der Waals surface area contributed by atoms with Gasteiger partial charge >= 0.3 is 0 Å². The number of hydrogen-bond donors (Lipinski definition) is 2. The third kappa shape index (κ3) is 7.94. The van der Waals surface area contributed by atoms with E-state index in [1.165, 1.54) is 5.56 Å². The summed E-state index contributed by atoms with van der Waals surface area (Å²) in [5.74, 6) is 2.49. The number of halogens is 1. The van der Waals surface area contributed by atoms with Crippen LogP contribution in [0.25, 0.3) is 0 Å². The molecule has 0 aliphatic carbocycles. The summed E-state index contributed by atoms with van der Waals surface area (Å²) in [6.45, 7) is 3.23. The van der Waals surface area contributed by atoms with Crippen LogP contribution in [0.1, 0.15) is 18.9 Å². The minimum absolute atomic E-state index is 0. The van der Waals surface area contributed by atoms with Gasteiger partial charge in [0.2, 0.25) is 0 Å². The van der Waals surface area contributed by atoms with Gasteiger partial charge in [0.05, 0.1) is 20.8 Å². The molecule has 6 nitrogen and oxygen atoms in total. The van der Waals surface area contributed by atoms with E-state index in [9.17, 15) is 0 Å². The molecule has 0 aliphatic rings. The Morgan fingerprint density at radius 3 is 2.15 bits per heavy atom. The van der Waals surface area contributed by atoms with E-state index >= 15 is 0 Å². The molecule has 2 rings (SSSR count). The van der Waals surface area contributed by atoms with Crippen molar-refractivity contribution in [2.24, 2.45) is 10.7 Å². The van der Waals surface area contributed by atoms with Crippen LogP contribution in [-0.4, -0.2) is 33.3 Å². The molecule has 0 amide bonds. The van der Waals surface area contributed by atoms with Gasteiger partial charge in [-0.05, 0) is 24.1 Å². The third-order valence-corrected chi connectivity index (χ3v) is 3.81. The molecular weight excluding hydrogens is 457 g/mol. The summed E-state index contributed by atoms with van der Waals surface area (Å²) in [5.41, 5.74) is 8.13. The fourth-order valence-electron chi connectivity index (χ4n) is 2.33. The maximum atomic E-state index is 5.91. The highest BCUT2D eigenvalue weighted by Crippen LogP contribution is 2.27. The van der Waals surface area contributed by atoms with E-state index in [1.807, 2.05) is 24.3 Å². The van der Waals surface area contributed by atoms with Gasteiger partial charge in [-0.2, -0.15) is 0 Å². The van der Waals surface area contributed by atoms with Gasteiger partial charge in [-0.15, -0.1) is 24.0 Å². The molecule has 27 heavy (non-hydrogen) atoms. The Hall–Kier alpha value is -2.16. The van der Waals surface area contributed by atoms with Crippen LogP contribution in [0.4, 0.5) is 5.69 Å². The van der Waals surface area contributed by atoms with Crippen molar-refractivity contribution in [3.8, 4) is 17.2 Å². The van der Waals surface area contributed by atoms with Crippen LogP contribution in [0.3, 0.4) is 0 Å². The van der Waals surface area contributed by atoms with Crippen LogP contribution >= 0.6 is 24.0 Å². The number of nitrogens with two attached hydrogens (primary N) is 1. The van der Waals surface area contributed by atoms with E-state index in [1.54, 1.807) is 20.3 Å². The van der Waals surface area contributed by atoms with Gasteiger partial charge in [-0.1, -0.05) is 19.1 Å². The van der Waals surface area contributed by atoms with Crippen LogP contribution in [0.2, 0.25) is 0 Å². The van der Waals surface area contributed by atoms with Gasteiger partial charge in [0.25, 0.3) is 0 Å². The molecular formula is C20H28IN3O3. The summed E-state index contributed by atoms with van der Waals surface area (Å²) in [5, 5.41) is 3.09. The molecule has 0 atom stereocenters. The molecule has 0 fully saturated rings. The SMILES string of the molecule is CCc1ccc(NC(N)=NCCCOc2cc(OC)cc(OC)c2)cc1.I. The van der Waals surface area contributed by atoms with Gasteiger partial charge in [-0.3, -0.25) is 4.99 Å². The Kier molecular flexibility index (Phi) is 10.4. The second kappa shape index (κ2) is 12.3. The van der Waals surface area contributed by atoms with E-state index in [0.29, 0.717) is 36.4 Å². The highest BCUT2D eigenvalue weighted by Gasteiger charge is 2.03. The number of aliphatic imine (C=N–C) groups is 1. The number of nitrogens with zero attached hydrogens (tertiary/aromatic N) is 1. The first kappa shape index (κ1) is 22.9. The summed E-state index contributed by atoms with van der Waals surface area (Å²) < 4.78 is 16.2. The molecule has 2 aromatic rings. The Bertz CT molecular complexity index is 699. The van der Waals surface area contributed by atoms with Crippen molar-refractivity contribution in [3.05, 3.63) is 48.0 Å². The molecule has 0 bridgehead atoms. The van der Waals surface area contributed by atoms with Crippen molar-refractivity contribution >= 4 is 35.6 Å². The first-order chi connectivity index (χ1) is 12.6. The zero-order valence-corrected chi connectivity index (χ0v) is 18.4. The Balaban J connectivity index is 0.00000364. The van der Waals surface area contributed by atoms with E-state index in [-0.39, 0.29) is 24.0 Å². The molecule has 148 valence electrons. The fourth-order valence-corrected chi connectivity index (χ4v) is 2.33. The lowest BCUT2D eigenvalue weighted by atomic mass is 10.1. The van der Waals surface area contributed by atoms with Crippen molar-refractivity contribution in [1.82, 2.24) is 0 Å². The fraction of sp³-hybridized carbons (Fsp3) is 0.350. The van der Waals surface area contributed by atoms with E-state index in [4.69, 9.17) is 19.9 Å². The number of anilines is 1. The predicted molar refractivity (Wildman–Crippen MR) is 121 cm³/mol. The average molecular weight is 485 g/mol. The number of hydrogen-bond acceptors (Lipinski definition) is 4. The summed E-state index contributed by atoms with van der Waals surface area (Å²) in [6.07, 6.45) is 1.76. The highest BCUT2D eigenvalue weighted by molar-refractivity contribution is 14.0. The standard InChI is InChI=1S/C20H27N3O3.HI/c1-4-15-6-8-16(9-7-15)23-20(21)22-10-5-11-26-19-13-17(24-2)12-18(14-19)25-3;/h6-9,12-14H,4-5,10-11H2,1-3H3,(H3,21,22,23);1H. The summed E-state index contributed by atoms with van der Waals surface area (Å²) in [6, 6.07) is 13.6. The largest absolute Gasteiger partial charge is 0.496 e. The monoisotopic (exact) mass is 485 g/mol. The molecule has 0 saturated heterocycles. The summed E-state index contributed by atoms with van der Waals surface area (Å²) >= 11 is 0. The van der Waals surface area contributed by atoms with Crippen LogP contribution in [-0.2, 0) is 6.42 Å². The molecule has 0 aromatic heterocycles. The number of guanidine groups is 1. The number of benzene rings is 2. The first-order valence-electron chi connectivity index (χ1n) is 8.66. The highest BCUT2D eigenvalue weighted by atomic mass is 127. The molecule has 0 heterocycles. The van der Waals surface area contributed by atoms with Gasteiger partial charge in [0, 0.05) is 36.9 Å². The number of ether oxygens (including phenoxy) is 3. The Labute approximate surface area is 178 Å². The lowest BCUT2D eigenvalue weighted by Gasteiger charge is -2.10. The van der Waals surface area contributed by atoms with Gasteiger partial charge < -0.3 is 25.3 Å². The maximum absolute atomic E-state index is 5.91. The Morgan fingerprint density at radius 2 is 1.59 bits per heavy atom. The summed E-state index contributed by atoms with van der Waals surface area (Å²) in [4.78, 5) is 4.31. The second-order valence-corrected chi connectivity index (χ2v) is 5.69. The minimum atomic E-state index is 0. The summed E-state index contributed by atoms with van der Waals surface area (Å²) in [7, 11) is 3.22. The molecule has 7 heteroatoms. The molecule has 0 radical (unpaired) electrons. The molecule has 0 unspecified atom stereocenters. The Morgan fingerprint density at radius 1 is 1.00 bits per heavy atom. The van der Waals surface area contributed by atoms with E-state index in [2.05, 4.69) is 29.4 Å². The minimum Gasteiger partial charge on any atom is -0.496 e. The zero-order valence-electron chi connectivity index (χ0n) is 16.0. The molecule has 2 aromatic carbocycles. The number of methoxy groups -OCH3 is 2. The van der Waals surface area contributed by atoms with Crippen LogP contribution in [0.5, 0.6) is 17.2 Å². The predicted octanol–water partition coefficient (Wildman–Crippen LogP) is 4.08. The van der Waals surface area contributed by atoms with Crippen molar-refractivity contribution < 1.29 is 14.2 Å². The second-order valence-electron chi connectivity index (χ2n) is 5.69. The van der Waals surface area contributed by atoms with Crippen molar-refractivity contribution in [2.45, 2.75) is 19.8 Å². The van der Waals surface area contributed by atoms with Crippen LogP contribution in [0, 0.1) is 0 Å². The van der Waals surface area contributed by atoms with Crippen molar-refractivity contribution in [3.63, 3.8) is 0 Å². The van der Waals surface area contributed by atoms with Gasteiger partial charge in [0.15, 0.2) is 5.96 Å². The molecule has 0 saturated carbocycles. The number of nitrogens with one attached hydrogen (secondary N) is 1. The van der Waals surface area contributed by atoms with Gasteiger partial charge in [-0.25, -0.2) is 0 Å². The topological polar surface area (TPSA) is 78.1 Å². The lowest BCUT2D eigenvalue weighted by molar-refractivity contribution is 0.307. The third-order valence-electron chi connectivity index (χ3n) is 3.81. The quantitative estimate of drug-likeness (QED) is 0.242. The lowest BCUT2D eigenvalue weighted by Crippen LogP contribution is -2.23. The zero-order chi connectivity index (χ0) is 18.8. The molecule has 0 aliphatic heterocycles. The van der Waals surface area contributed by atoms with E-state index in [0.717, 1.165) is 18.5 Å². The maximum Gasteiger partial charge on any atom is 0.193 e. The molecule has 0 spiro atoms. The normalized spacial score (nSPS) is 10.7. The van der Waals surface area contributed by atoms with Crippen LogP contribution in [0.15, 0.2) is 47.5 Å². The smallest absolute Gasteiger partial charge is 0.193 e. The van der Waals surface area contributed by atoms with E-state index < -0.39 is 0 Å².